The molecule has 1 amide bonds. The van der Waals surface area contributed by atoms with Gasteiger partial charge in [-0.15, -0.1) is 0 Å². The third-order valence-electron chi connectivity index (χ3n) is 4.05. The van der Waals surface area contributed by atoms with Crippen LogP contribution in [0.25, 0.3) is 0 Å². The number of hydrogen-bond acceptors (Lipinski definition) is 6. The average molecular weight is 474 g/mol. The number of halogens is 3. The Morgan fingerprint density at radius 2 is 1.56 bits per heavy atom. The van der Waals surface area contributed by atoms with Crippen LogP contribution in [0, 0.1) is 0 Å². The summed E-state index contributed by atoms with van der Waals surface area (Å²) in [6.07, 6.45) is -3.99. The lowest BCUT2D eigenvalue weighted by Crippen LogP contribution is -2.30. The highest BCUT2D eigenvalue weighted by Gasteiger charge is 2.27. The molecule has 0 aliphatic rings. The fourth-order valence-corrected chi connectivity index (χ4v) is 2.99. The van der Waals surface area contributed by atoms with Crippen LogP contribution < -0.4 is 10.5 Å². The highest BCUT2D eigenvalue weighted by molar-refractivity contribution is 7.89. The lowest BCUT2D eigenvalue weighted by Gasteiger charge is -2.09. The van der Waals surface area contributed by atoms with Crippen molar-refractivity contribution in [1.82, 2.24) is 5.32 Å². The lowest BCUT2D eigenvalue weighted by molar-refractivity contribution is -0.176. The molecule has 0 spiro atoms. The molecule has 0 saturated carbocycles. The standard InChI is InChI=1S/C20H21F3N2O6S/c21-20(22,23)13-30-11-15-1-5-16(6-2-15)19(27)31-12-18(26)25-10-9-14-3-7-17(8-4-14)32(24,28)29/h1-8H,9-13H2,(H,25,26)(H2,24,28,29). The Morgan fingerprint density at radius 3 is 2.12 bits per heavy atom. The number of rotatable bonds is 10. The monoisotopic (exact) mass is 474 g/mol. The Bertz CT molecular complexity index is 1020. The smallest absolute Gasteiger partial charge is 0.411 e. The molecule has 0 aliphatic heterocycles. The fraction of sp³-hybridized carbons (Fsp3) is 0.300. The first-order valence-electron chi connectivity index (χ1n) is 9.23. The zero-order chi connectivity index (χ0) is 23.8. The Balaban J connectivity index is 1.70. The minimum absolute atomic E-state index is 0.0148. The number of hydrogen-bond donors (Lipinski definition) is 2. The number of carbonyl (C=O) groups is 2. The van der Waals surface area contributed by atoms with E-state index >= 15 is 0 Å². The van der Waals surface area contributed by atoms with Crippen molar-refractivity contribution in [2.75, 3.05) is 19.8 Å². The maximum absolute atomic E-state index is 12.1. The topological polar surface area (TPSA) is 125 Å². The number of nitrogens with one attached hydrogen (secondary N) is 1. The van der Waals surface area contributed by atoms with E-state index in [0.717, 1.165) is 5.56 Å². The summed E-state index contributed by atoms with van der Waals surface area (Å²) in [5.74, 6) is -1.29. The van der Waals surface area contributed by atoms with Crippen LogP contribution in [0.2, 0.25) is 0 Å². The van der Waals surface area contributed by atoms with Gasteiger partial charge >= 0.3 is 12.1 Å². The molecule has 0 fully saturated rings. The van der Waals surface area contributed by atoms with Crippen molar-refractivity contribution in [1.29, 1.82) is 0 Å². The van der Waals surface area contributed by atoms with Crippen molar-refractivity contribution >= 4 is 21.9 Å². The van der Waals surface area contributed by atoms with Gasteiger partial charge in [0.25, 0.3) is 5.91 Å². The van der Waals surface area contributed by atoms with Crippen LogP contribution in [0.1, 0.15) is 21.5 Å². The molecule has 2 aromatic rings. The SMILES string of the molecule is NS(=O)(=O)c1ccc(CCNC(=O)COC(=O)c2ccc(COCC(F)(F)F)cc2)cc1. The predicted octanol–water partition coefficient (Wildman–Crippen LogP) is 1.93. The summed E-state index contributed by atoms with van der Waals surface area (Å²) in [5, 5.41) is 7.58. The number of ether oxygens (including phenoxy) is 2. The number of nitrogens with two attached hydrogens (primary N) is 1. The van der Waals surface area contributed by atoms with E-state index in [1.165, 1.54) is 36.4 Å². The second kappa shape index (κ2) is 11.1. The molecule has 0 aliphatic carbocycles. The number of alkyl halides is 3. The molecule has 174 valence electrons. The van der Waals surface area contributed by atoms with Crippen LogP contribution in [0.15, 0.2) is 53.4 Å². The van der Waals surface area contributed by atoms with E-state index in [2.05, 4.69) is 10.1 Å². The van der Waals surface area contributed by atoms with Gasteiger partial charge in [-0.2, -0.15) is 13.2 Å². The summed E-state index contributed by atoms with van der Waals surface area (Å²) in [7, 11) is -3.77. The molecule has 12 heteroatoms. The average Bonchev–Trinajstić information content (AvgIpc) is 2.71. The van der Waals surface area contributed by atoms with Gasteiger partial charge in [-0.3, -0.25) is 4.79 Å². The summed E-state index contributed by atoms with van der Waals surface area (Å²) in [6.45, 7) is -1.91. The van der Waals surface area contributed by atoms with Crippen LogP contribution in [0.3, 0.4) is 0 Å². The Kier molecular flexibility index (Phi) is 8.75. The van der Waals surface area contributed by atoms with Gasteiger partial charge in [-0.1, -0.05) is 24.3 Å². The molecule has 0 heterocycles. The van der Waals surface area contributed by atoms with Crippen LogP contribution in [0.5, 0.6) is 0 Å². The summed E-state index contributed by atoms with van der Waals surface area (Å²) in [6, 6.07) is 11.4. The number of amides is 1. The molecule has 0 radical (unpaired) electrons. The molecule has 0 aromatic heterocycles. The number of sulfonamides is 1. The molecule has 8 nitrogen and oxygen atoms in total. The van der Waals surface area contributed by atoms with Crippen LogP contribution in [0.4, 0.5) is 13.2 Å². The van der Waals surface area contributed by atoms with Crippen molar-refractivity contribution in [2.24, 2.45) is 5.14 Å². The van der Waals surface area contributed by atoms with Crippen molar-refractivity contribution in [2.45, 2.75) is 24.1 Å². The highest BCUT2D eigenvalue weighted by atomic mass is 32.2. The molecule has 32 heavy (non-hydrogen) atoms. The third kappa shape index (κ3) is 9.04. The maximum atomic E-state index is 12.1. The van der Waals surface area contributed by atoms with Crippen LogP contribution >= 0.6 is 0 Å². The van der Waals surface area contributed by atoms with Crippen LogP contribution in [-0.2, 0) is 37.3 Å². The first kappa shape index (κ1) is 25.3. The van der Waals surface area contributed by atoms with Gasteiger partial charge in [-0.25, -0.2) is 18.4 Å². The van der Waals surface area contributed by atoms with E-state index in [0.29, 0.717) is 12.0 Å². The number of benzene rings is 2. The molecule has 0 unspecified atom stereocenters. The van der Waals surface area contributed by atoms with Gasteiger partial charge in [0.05, 0.1) is 17.1 Å². The first-order chi connectivity index (χ1) is 14.9. The van der Waals surface area contributed by atoms with Gasteiger partial charge in [-0.05, 0) is 41.8 Å². The van der Waals surface area contributed by atoms with E-state index in [9.17, 15) is 31.2 Å². The highest BCUT2D eigenvalue weighted by Crippen LogP contribution is 2.16. The van der Waals surface area contributed by atoms with Gasteiger partial charge in [0.15, 0.2) is 6.61 Å². The molecular weight excluding hydrogens is 453 g/mol. The Hall–Kier alpha value is -2.96. The number of esters is 1. The molecule has 2 aromatic carbocycles. The first-order valence-corrected chi connectivity index (χ1v) is 10.8. The quantitative estimate of drug-likeness (QED) is 0.507. The summed E-state index contributed by atoms with van der Waals surface area (Å²) < 4.78 is 68.0. The summed E-state index contributed by atoms with van der Waals surface area (Å²) in [4.78, 5) is 23.8. The largest absolute Gasteiger partial charge is 0.452 e. The van der Waals surface area contributed by atoms with Gasteiger partial charge in [0.2, 0.25) is 10.0 Å². The Labute approximate surface area is 182 Å². The summed E-state index contributed by atoms with van der Waals surface area (Å²) >= 11 is 0. The van der Waals surface area contributed by atoms with E-state index in [-0.39, 0.29) is 23.6 Å². The zero-order valence-electron chi connectivity index (χ0n) is 16.7. The second-order valence-electron chi connectivity index (χ2n) is 6.67. The molecular formula is C20H21F3N2O6S. The molecule has 0 atom stereocenters. The van der Waals surface area contributed by atoms with Crippen molar-refractivity contribution in [3.8, 4) is 0 Å². The summed E-state index contributed by atoms with van der Waals surface area (Å²) in [5.41, 5.74) is 1.35. The van der Waals surface area contributed by atoms with Gasteiger partial charge in [0, 0.05) is 6.54 Å². The number of carbonyl (C=O) groups excluding carboxylic acids is 2. The Morgan fingerprint density at radius 1 is 0.969 bits per heavy atom. The van der Waals surface area contributed by atoms with Gasteiger partial charge in [0.1, 0.15) is 6.61 Å². The molecule has 2 rings (SSSR count). The van der Waals surface area contributed by atoms with E-state index in [1.54, 1.807) is 12.1 Å². The van der Waals surface area contributed by atoms with Crippen molar-refractivity contribution in [3.63, 3.8) is 0 Å². The number of primary sulfonamides is 1. The minimum Gasteiger partial charge on any atom is -0.452 e. The maximum Gasteiger partial charge on any atom is 0.411 e. The zero-order valence-corrected chi connectivity index (χ0v) is 17.5. The normalized spacial score (nSPS) is 11.8. The molecule has 0 bridgehead atoms. The fourth-order valence-electron chi connectivity index (χ4n) is 2.48. The minimum atomic E-state index is -4.41. The second-order valence-corrected chi connectivity index (χ2v) is 8.23. The molecule has 0 saturated heterocycles. The van der Waals surface area contributed by atoms with Crippen molar-refractivity contribution < 1.29 is 40.7 Å². The molecule has 3 N–H and O–H groups in total. The van der Waals surface area contributed by atoms with Crippen molar-refractivity contribution in [3.05, 3.63) is 65.2 Å². The lowest BCUT2D eigenvalue weighted by atomic mass is 10.1. The van der Waals surface area contributed by atoms with E-state index < -0.39 is 41.3 Å². The van der Waals surface area contributed by atoms with Gasteiger partial charge < -0.3 is 14.8 Å². The van der Waals surface area contributed by atoms with E-state index in [4.69, 9.17) is 9.88 Å². The van der Waals surface area contributed by atoms with Crippen LogP contribution in [-0.4, -0.2) is 46.2 Å². The third-order valence-corrected chi connectivity index (χ3v) is 4.98. The van der Waals surface area contributed by atoms with E-state index in [1.807, 2.05) is 0 Å². The predicted molar refractivity (Wildman–Crippen MR) is 107 cm³/mol.